The number of hydrogen-bond acceptors (Lipinski definition) is 7. The number of halogens is 2. The standard InChI is InChI=1S/C32H35F2N7O/c33-26-13-9-24(10-14-26)20-37-31-39-30(36-19-23-5-2-1-3-6-23)40-32(41-31)38-28-15-11-22(12-16-28)18-29(42)35-21-25-7-4-8-27(34)17-25/h4,7-17,23H,1-3,5-6,18-21H2,(H,35,42)(H3,36,37,38,39,40,41). The zero-order valence-corrected chi connectivity index (χ0v) is 23.4. The Morgan fingerprint density at radius 1 is 0.714 bits per heavy atom. The van der Waals surface area contributed by atoms with E-state index in [-0.39, 0.29) is 30.5 Å². The van der Waals surface area contributed by atoms with Crippen molar-refractivity contribution in [3.63, 3.8) is 0 Å². The molecule has 0 radical (unpaired) electrons. The highest BCUT2D eigenvalue weighted by molar-refractivity contribution is 5.78. The van der Waals surface area contributed by atoms with Crippen LogP contribution >= 0.6 is 0 Å². The van der Waals surface area contributed by atoms with Gasteiger partial charge in [0.1, 0.15) is 11.6 Å². The maximum Gasteiger partial charge on any atom is 0.233 e. The van der Waals surface area contributed by atoms with Crippen LogP contribution in [-0.4, -0.2) is 27.4 Å². The van der Waals surface area contributed by atoms with E-state index >= 15 is 0 Å². The number of carbonyl (C=O) groups is 1. The van der Waals surface area contributed by atoms with Gasteiger partial charge in [-0.15, -0.1) is 0 Å². The number of benzene rings is 3. The Hall–Kier alpha value is -4.60. The fourth-order valence-electron chi connectivity index (χ4n) is 4.93. The molecule has 42 heavy (non-hydrogen) atoms. The van der Waals surface area contributed by atoms with Crippen molar-refractivity contribution < 1.29 is 13.6 Å². The number of amides is 1. The monoisotopic (exact) mass is 571 g/mol. The molecule has 1 amide bonds. The molecule has 0 atom stereocenters. The number of rotatable bonds is 12. The SMILES string of the molecule is O=C(Cc1ccc(Nc2nc(NCc3ccc(F)cc3)nc(NCC3CCCCC3)n2)cc1)NCc1cccc(F)c1. The maximum absolute atomic E-state index is 13.4. The molecule has 0 unspecified atom stereocenters. The van der Waals surface area contributed by atoms with Gasteiger partial charge in [-0.05, 0) is 71.8 Å². The highest BCUT2D eigenvalue weighted by Crippen LogP contribution is 2.24. The van der Waals surface area contributed by atoms with Gasteiger partial charge in [-0.1, -0.05) is 55.7 Å². The normalized spacial score (nSPS) is 13.4. The van der Waals surface area contributed by atoms with E-state index in [1.807, 2.05) is 24.3 Å². The summed E-state index contributed by atoms with van der Waals surface area (Å²) in [6.45, 7) is 1.50. The van der Waals surface area contributed by atoms with Crippen molar-refractivity contribution in [2.75, 3.05) is 22.5 Å². The Morgan fingerprint density at radius 2 is 1.40 bits per heavy atom. The van der Waals surface area contributed by atoms with E-state index in [9.17, 15) is 13.6 Å². The molecule has 1 aliphatic carbocycles. The van der Waals surface area contributed by atoms with Gasteiger partial charge < -0.3 is 21.3 Å². The van der Waals surface area contributed by atoms with Crippen LogP contribution in [0.2, 0.25) is 0 Å². The average molecular weight is 572 g/mol. The van der Waals surface area contributed by atoms with Gasteiger partial charge in [0.2, 0.25) is 23.8 Å². The van der Waals surface area contributed by atoms with E-state index in [1.54, 1.807) is 24.3 Å². The third-order valence-electron chi connectivity index (χ3n) is 7.23. The van der Waals surface area contributed by atoms with Crippen molar-refractivity contribution in [1.29, 1.82) is 0 Å². The van der Waals surface area contributed by atoms with Gasteiger partial charge in [0.25, 0.3) is 0 Å². The molecule has 1 heterocycles. The molecule has 1 aliphatic rings. The molecule has 0 spiro atoms. The minimum Gasteiger partial charge on any atom is -0.354 e. The molecule has 1 fully saturated rings. The molecular formula is C32H35F2N7O. The Kier molecular flexibility index (Phi) is 9.87. The largest absolute Gasteiger partial charge is 0.354 e. The van der Waals surface area contributed by atoms with Crippen molar-refractivity contribution in [1.82, 2.24) is 20.3 Å². The topological polar surface area (TPSA) is 104 Å². The van der Waals surface area contributed by atoms with Gasteiger partial charge >= 0.3 is 0 Å². The molecule has 4 N–H and O–H groups in total. The van der Waals surface area contributed by atoms with Crippen LogP contribution in [0.5, 0.6) is 0 Å². The molecule has 218 valence electrons. The molecule has 4 aromatic rings. The van der Waals surface area contributed by atoms with Crippen LogP contribution in [0.3, 0.4) is 0 Å². The van der Waals surface area contributed by atoms with Crippen LogP contribution in [0.1, 0.15) is 48.8 Å². The van der Waals surface area contributed by atoms with Crippen LogP contribution in [0.15, 0.2) is 72.8 Å². The van der Waals surface area contributed by atoms with Crippen LogP contribution in [0, 0.1) is 17.6 Å². The predicted molar refractivity (Wildman–Crippen MR) is 160 cm³/mol. The molecule has 3 aromatic carbocycles. The third-order valence-corrected chi connectivity index (χ3v) is 7.23. The van der Waals surface area contributed by atoms with Crippen molar-refractivity contribution >= 4 is 29.4 Å². The van der Waals surface area contributed by atoms with E-state index < -0.39 is 0 Å². The van der Waals surface area contributed by atoms with Gasteiger partial charge in [0, 0.05) is 25.3 Å². The molecule has 1 saturated carbocycles. The van der Waals surface area contributed by atoms with Crippen molar-refractivity contribution in [2.45, 2.75) is 51.6 Å². The Bertz CT molecular complexity index is 1460. The number of nitrogens with one attached hydrogen (secondary N) is 4. The zero-order chi connectivity index (χ0) is 29.1. The summed E-state index contributed by atoms with van der Waals surface area (Å²) < 4.78 is 26.7. The van der Waals surface area contributed by atoms with Gasteiger partial charge in [-0.25, -0.2) is 8.78 Å². The Labute approximate surface area is 244 Å². The summed E-state index contributed by atoms with van der Waals surface area (Å²) in [7, 11) is 0. The second kappa shape index (κ2) is 14.3. The summed E-state index contributed by atoms with van der Waals surface area (Å²) in [4.78, 5) is 26.1. The third kappa shape index (κ3) is 8.95. The first-order valence-electron chi connectivity index (χ1n) is 14.3. The van der Waals surface area contributed by atoms with Crippen LogP contribution in [0.25, 0.3) is 0 Å². The lowest BCUT2D eigenvalue weighted by Crippen LogP contribution is -2.24. The summed E-state index contributed by atoms with van der Waals surface area (Å²) >= 11 is 0. The number of carbonyl (C=O) groups excluding carboxylic acids is 1. The van der Waals surface area contributed by atoms with Crippen LogP contribution in [0.4, 0.5) is 32.3 Å². The lowest BCUT2D eigenvalue weighted by Gasteiger charge is -2.21. The summed E-state index contributed by atoms with van der Waals surface area (Å²) in [6.07, 6.45) is 6.42. The quantitative estimate of drug-likeness (QED) is 0.157. The Balaban J connectivity index is 1.21. The molecule has 0 aliphatic heterocycles. The molecule has 8 nitrogen and oxygen atoms in total. The molecular weight excluding hydrogens is 536 g/mol. The van der Waals surface area contributed by atoms with E-state index in [2.05, 4.69) is 36.2 Å². The second-order valence-corrected chi connectivity index (χ2v) is 10.6. The number of nitrogens with zero attached hydrogens (tertiary/aromatic N) is 3. The minimum atomic E-state index is -0.328. The number of hydrogen-bond donors (Lipinski definition) is 4. The molecule has 0 bridgehead atoms. The highest BCUT2D eigenvalue weighted by Gasteiger charge is 2.15. The second-order valence-electron chi connectivity index (χ2n) is 10.6. The number of anilines is 4. The number of aromatic nitrogens is 3. The fourth-order valence-corrected chi connectivity index (χ4v) is 4.93. The van der Waals surface area contributed by atoms with E-state index in [0.29, 0.717) is 35.9 Å². The van der Waals surface area contributed by atoms with Gasteiger partial charge in [-0.2, -0.15) is 15.0 Å². The Morgan fingerprint density at radius 3 is 2.14 bits per heavy atom. The van der Waals surface area contributed by atoms with Gasteiger partial charge in [0.15, 0.2) is 0 Å². The first kappa shape index (κ1) is 28.9. The summed E-state index contributed by atoms with van der Waals surface area (Å²) in [5.41, 5.74) is 3.20. The summed E-state index contributed by atoms with van der Waals surface area (Å²) in [5.74, 6) is 1.09. The first-order valence-corrected chi connectivity index (χ1v) is 14.3. The predicted octanol–water partition coefficient (Wildman–Crippen LogP) is 6.36. The lowest BCUT2D eigenvalue weighted by molar-refractivity contribution is -0.120. The van der Waals surface area contributed by atoms with E-state index in [1.165, 1.54) is 56.4 Å². The molecule has 0 saturated heterocycles. The highest BCUT2D eigenvalue weighted by atomic mass is 19.1. The van der Waals surface area contributed by atoms with Crippen molar-refractivity contribution in [3.8, 4) is 0 Å². The smallest absolute Gasteiger partial charge is 0.233 e. The van der Waals surface area contributed by atoms with Gasteiger partial charge in [0.05, 0.1) is 6.42 Å². The van der Waals surface area contributed by atoms with Crippen LogP contribution in [-0.2, 0) is 24.3 Å². The fraction of sp³-hybridized carbons (Fsp3) is 0.312. The molecule has 10 heteroatoms. The van der Waals surface area contributed by atoms with Crippen LogP contribution < -0.4 is 21.3 Å². The molecule has 1 aromatic heterocycles. The van der Waals surface area contributed by atoms with E-state index in [0.717, 1.165) is 23.4 Å². The van der Waals surface area contributed by atoms with Crippen molar-refractivity contribution in [2.24, 2.45) is 5.92 Å². The molecule has 5 rings (SSSR count). The average Bonchev–Trinajstić information content (AvgIpc) is 3.00. The maximum atomic E-state index is 13.4. The van der Waals surface area contributed by atoms with Gasteiger partial charge in [-0.3, -0.25) is 4.79 Å². The first-order chi connectivity index (χ1) is 20.5. The zero-order valence-electron chi connectivity index (χ0n) is 23.4. The summed E-state index contributed by atoms with van der Waals surface area (Å²) in [6, 6.07) is 19.9. The van der Waals surface area contributed by atoms with Crippen molar-refractivity contribution in [3.05, 3.63) is 101 Å². The lowest BCUT2D eigenvalue weighted by atomic mass is 9.89. The minimum absolute atomic E-state index is 0.150. The summed E-state index contributed by atoms with van der Waals surface area (Å²) in [5, 5.41) is 12.7. The van der Waals surface area contributed by atoms with E-state index in [4.69, 9.17) is 0 Å².